The number of hydrogen-bond acceptors (Lipinski definition) is 4. The molecule has 0 aromatic heterocycles. The summed E-state index contributed by atoms with van der Waals surface area (Å²) in [6.07, 6.45) is 2.43. The van der Waals surface area contributed by atoms with Crippen LogP contribution >= 0.6 is 0 Å². The third-order valence-corrected chi connectivity index (χ3v) is 5.97. The van der Waals surface area contributed by atoms with Gasteiger partial charge in [-0.05, 0) is 51.5 Å². The van der Waals surface area contributed by atoms with Gasteiger partial charge in [-0.3, -0.25) is 9.59 Å². The van der Waals surface area contributed by atoms with E-state index in [9.17, 15) is 9.59 Å². The van der Waals surface area contributed by atoms with E-state index in [1.807, 2.05) is 20.9 Å². The van der Waals surface area contributed by atoms with Gasteiger partial charge < -0.3 is 16.4 Å². The van der Waals surface area contributed by atoms with E-state index in [2.05, 4.69) is 31.4 Å². The van der Waals surface area contributed by atoms with Crippen LogP contribution in [-0.4, -0.2) is 36.4 Å². The summed E-state index contributed by atoms with van der Waals surface area (Å²) >= 11 is 0. The number of amides is 1. The molecule has 0 spiro atoms. The van der Waals surface area contributed by atoms with Crippen molar-refractivity contribution in [3.8, 4) is 0 Å². The third kappa shape index (κ3) is 4.13. The molecule has 23 heavy (non-hydrogen) atoms. The van der Waals surface area contributed by atoms with Crippen molar-refractivity contribution in [1.29, 1.82) is 0 Å². The van der Waals surface area contributed by atoms with Crippen LogP contribution < -0.4 is 16.4 Å². The standard InChI is InChI=1S/C18H35N3O2/c1-11(2)10-14(19)16(23)21-12(3)15(22)13-8-9-18(6,20-7)17(13,4)5/h11-14,20H,8-10,19H2,1-7H3,(H,21,23)/t12-,13?,14+,18?/m1/s1. The summed E-state index contributed by atoms with van der Waals surface area (Å²) in [5, 5.41) is 6.19. The monoisotopic (exact) mass is 325 g/mol. The van der Waals surface area contributed by atoms with Crippen molar-refractivity contribution in [3.05, 3.63) is 0 Å². The SMILES string of the molecule is CNC1(C)CCC(C(=O)[C@@H](C)NC(=O)[C@@H](N)CC(C)C)C1(C)C. The third-order valence-electron chi connectivity index (χ3n) is 5.97. The minimum Gasteiger partial charge on any atom is -0.345 e. The van der Waals surface area contributed by atoms with Crippen LogP contribution in [0.1, 0.15) is 60.8 Å². The predicted molar refractivity (Wildman–Crippen MR) is 94.0 cm³/mol. The number of ketones is 1. The Balaban J connectivity index is 2.73. The molecule has 1 saturated carbocycles. The van der Waals surface area contributed by atoms with Crippen LogP contribution in [0.25, 0.3) is 0 Å². The van der Waals surface area contributed by atoms with E-state index in [1.165, 1.54) is 0 Å². The van der Waals surface area contributed by atoms with Gasteiger partial charge in [-0.15, -0.1) is 0 Å². The number of hydrogen-bond donors (Lipinski definition) is 3. The molecule has 0 heterocycles. The highest BCUT2D eigenvalue weighted by molar-refractivity contribution is 5.92. The Morgan fingerprint density at radius 1 is 1.22 bits per heavy atom. The lowest BCUT2D eigenvalue weighted by molar-refractivity contribution is -0.132. The van der Waals surface area contributed by atoms with Gasteiger partial charge in [0.2, 0.25) is 5.91 Å². The predicted octanol–water partition coefficient (Wildman–Crippen LogP) is 1.85. The molecule has 0 aromatic rings. The summed E-state index contributed by atoms with van der Waals surface area (Å²) in [5.41, 5.74) is 5.69. The molecule has 1 rings (SSSR count). The molecule has 1 aliphatic rings. The molecule has 134 valence electrons. The summed E-state index contributed by atoms with van der Waals surface area (Å²) in [4.78, 5) is 25.0. The van der Waals surface area contributed by atoms with Crippen LogP contribution in [0, 0.1) is 17.3 Å². The largest absolute Gasteiger partial charge is 0.345 e. The van der Waals surface area contributed by atoms with Gasteiger partial charge in [0.25, 0.3) is 0 Å². The lowest BCUT2D eigenvalue weighted by Gasteiger charge is -2.41. The van der Waals surface area contributed by atoms with E-state index < -0.39 is 12.1 Å². The molecule has 5 nitrogen and oxygen atoms in total. The zero-order valence-electron chi connectivity index (χ0n) is 15.8. The number of nitrogens with two attached hydrogens (primary N) is 1. The minimum absolute atomic E-state index is 0.0587. The van der Waals surface area contributed by atoms with Crippen LogP contribution in [0.15, 0.2) is 0 Å². The van der Waals surface area contributed by atoms with Gasteiger partial charge in [0.05, 0.1) is 12.1 Å². The maximum Gasteiger partial charge on any atom is 0.237 e. The fraction of sp³-hybridized carbons (Fsp3) is 0.889. The molecule has 5 heteroatoms. The average Bonchev–Trinajstić information content (AvgIpc) is 2.68. The molecule has 1 amide bonds. The number of carbonyl (C=O) groups is 2. The lowest BCUT2D eigenvalue weighted by Crippen LogP contribution is -2.54. The van der Waals surface area contributed by atoms with E-state index in [0.29, 0.717) is 12.3 Å². The first kappa shape index (κ1) is 20.1. The minimum atomic E-state index is -0.551. The van der Waals surface area contributed by atoms with Crippen LogP contribution in [0.2, 0.25) is 0 Å². The molecule has 4 atom stereocenters. The summed E-state index contributed by atoms with van der Waals surface area (Å²) < 4.78 is 0. The summed E-state index contributed by atoms with van der Waals surface area (Å²) in [6, 6.07) is -1.05. The Morgan fingerprint density at radius 3 is 2.22 bits per heavy atom. The van der Waals surface area contributed by atoms with Crippen molar-refractivity contribution < 1.29 is 9.59 Å². The Bertz CT molecular complexity index is 448. The maximum atomic E-state index is 12.9. The van der Waals surface area contributed by atoms with Gasteiger partial charge in [0.1, 0.15) is 0 Å². The highest BCUT2D eigenvalue weighted by atomic mass is 16.2. The van der Waals surface area contributed by atoms with Crippen LogP contribution in [0.4, 0.5) is 0 Å². The van der Waals surface area contributed by atoms with Gasteiger partial charge in [0.15, 0.2) is 5.78 Å². The molecule has 0 radical (unpaired) electrons. The molecule has 0 saturated heterocycles. The molecule has 0 aliphatic heterocycles. The Labute approximate surface area is 141 Å². The van der Waals surface area contributed by atoms with Crippen LogP contribution in [-0.2, 0) is 9.59 Å². The van der Waals surface area contributed by atoms with Crippen molar-refractivity contribution in [3.63, 3.8) is 0 Å². The van der Waals surface area contributed by atoms with Crippen molar-refractivity contribution >= 4 is 11.7 Å². The fourth-order valence-electron chi connectivity index (χ4n) is 3.75. The molecule has 2 unspecified atom stereocenters. The van der Waals surface area contributed by atoms with Gasteiger partial charge in [-0.2, -0.15) is 0 Å². The van der Waals surface area contributed by atoms with Crippen LogP contribution in [0.3, 0.4) is 0 Å². The van der Waals surface area contributed by atoms with Crippen molar-refractivity contribution in [2.75, 3.05) is 7.05 Å². The Morgan fingerprint density at radius 2 is 1.78 bits per heavy atom. The van der Waals surface area contributed by atoms with E-state index in [-0.39, 0.29) is 28.6 Å². The normalized spacial score (nSPS) is 29.3. The van der Waals surface area contributed by atoms with Crippen molar-refractivity contribution in [2.45, 2.75) is 78.4 Å². The number of Topliss-reactive ketones (excluding diaryl/α,β-unsaturated/α-hetero) is 1. The van der Waals surface area contributed by atoms with Gasteiger partial charge >= 0.3 is 0 Å². The smallest absolute Gasteiger partial charge is 0.237 e. The van der Waals surface area contributed by atoms with Gasteiger partial charge in [-0.1, -0.05) is 27.7 Å². The number of carbonyl (C=O) groups excluding carboxylic acids is 2. The first-order chi connectivity index (χ1) is 10.5. The fourth-order valence-corrected chi connectivity index (χ4v) is 3.75. The molecule has 0 aromatic carbocycles. The first-order valence-electron chi connectivity index (χ1n) is 8.75. The second-order valence-corrected chi connectivity index (χ2v) is 8.26. The second kappa shape index (κ2) is 7.31. The summed E-state index contributed by atoms with van der Waals surface area (Å²) in [7, 11) is 1.95. The number of rotatable bonds is 7. The summed E-state index contributed by atoms with van der Waals surface area (Å²) in [6.45, 7) is 12.3. The lowest BCUT2D eigenvalue weighted by atomic mass is 9.69. The highest BCUT2D eigenvalue weighted by Crippen LogP contribution is 2.50. The number of nitrogens with one attached hydrogen (secondary N) is 2. The van der Waals surface area contributed by atoms with Crippen molar-refractivity contribution in [1.82, 2.24) is 10.6 Å². The van der Waals surface area contributed by atoms with Gasteiger partial charge in [-0.25, -0.2) is 0 Å². The molecular formula is C18H35N3O2. The van der Waals surface area contributed by atoms with E-state index in [4.69, 9.17) is 5.73 Å². The molecule has 1 aliphatic carbocycles. The molecule has 4 N–H and O–H groups in total. The van der Waals surface area contributed by atoms with E-state index >= 15 is 0 Å². The topological polar surface area (TPSA) is 84.2 Å². The maximum absolute atomic E-state index is 12.9. The van der Waals surface area contributed by atoms with Crippen molar-refractivity contribution in [2.24, 2.45) is 23.0 Å². The van der Waals surface area contributed by atoms with Gasteiger partial charge in [0, 0.05) is 11.5 Å². The quantitative estimate of drug-likeness (QED) is 0.667. The zero-order valence-corrected chi connectivity index (χ0v) is 15.8. The molecule has 1 fully saturated rings. The highest BCUT2D eigenvalue weighted by Gasteiger charge is 2.53. The first-order valence-corrected chi connectivity index (χ1v) is 8.75. The van der Waals surface area contributed by atoms with Crippen LogP contribution in [0.5, 0.6) is 0 Å². The Hall–Kier alpha value is -0.940. The summed E-state index contributed by atoms with van der Waals surface area (Å²) in [5.74, 6) is 0.175. The molecule has 0 bridgehead atoms. The van der Waals surface area contributed by atoms with E-state index in [1.54, 1.807) is 6.92 Å². The Kier molecular flexibility index (Phi) is 6.39. The van der Waals surface area contributed by atoms with E-state index in [0.717, 1.165) is 12.8 Å². The zero-order chi connectivity index (χ0) is 18.0. The second-order valence-electron chi connectivity index (χ2n) is 8.26. The molecular weight excluding hydrogens is 290 g/mol. The average molecular weight is 325 g/mol.